The maximum Gasteiger partial charge on any atom is 0.269 e. The molecule has 7 heteroatoms. The van der Waals surface area contributed by atoms with Crippen molar-refractivity contribution in [1.82, 2.24) is 5.32 Å². The van der Waals surface area contributed by atoms with E-state index in [4.69, 9.17) is 4.74 Å². The van der Waals surface area contributed by atoms with Crippen LogP contribution in [0.4, 0.5) is 5.69 Å². The van der Waals surface area contributed by atoms with Crippen molar-refractivity contribution in [2.45, 2.75) is 13.5 Å². The van der Waals surface area contributed by atoms with E-state index >= 15 is 0 Å². The fourth-order valence-electron chi connectivity index (χ4n) is 1.63. The molecule has 1 amide bonds. The summed E-state index contributed by atoms with van der Waals surface area (Å²) >= 11 is 1.59. The summed E-state index contributed by atoms with van der Waals surface area (Å²) in [6.45, 7) is 2.35. The molecule has 2 aromatic rings. The Kier molecular flexibility index (Phi) is 4.89. The standard InChI is InChI=1S/C14H14N2O4S/c1-10-6-7-21-13(10)8-15-14(17)9-20-12-4-2-11(3-5-12)16(18)19/h2-7H,8-9H2,1H3,(H,15,17). The van der Waals surface area contributed by atoms with E-state index < -0.39 is 4.92 Å². The van der Waals surface area contributed by atoms with Gasteiger partial charge in [0.1, 0.15) is 5.75 Å². The summed E-state index contributed by atoms with van der Waals surface area (Å²) < 4.78 is 5.27. The maximum absolute atomic E-state index is 11.7. The predicted octanol–water partition coefficient (Wildman–Crippen LogP) is 2.66. The maximum atomic E-state index is 11.7. The van der Waals surface area contributed by atoms with Crippen LogP contribution in [0.3, 0.4) is 0 Å². The molecular formula is C14H14N2O4S. The Balaban J connectivity index is 1.78. The zero-order valence-corrected chi connectivity index (χ0v) is 12.2. The third-order valence-corrected chi connectivity index (χ3v) is 3.85. The van der Waals surface area contributed by atoms with Gasteiger partial charge in [0.25, 0.3) is 11.6 Å². The number of hydrogen-bond donors (Lipinski definition) is 1. The van der Waals surface area contributed by atoms with Crippen LogP contribution in [0.5, 0.6) is 5.75 Å². The van der Waals surface area contributed by atoms with Gasteiger partial charge in [-0.1, -0.05) is 0 Å². The number of nitro benzene ring substituents is 1. The second kappa shape index (κ2) is 6.85. The van der Waals surface area contributed by atoms with Gasteiger partial charge >= 0.3 is 0 Å². The van der Waals surface area contributed by atoms with Gasteiger partial charge in [-0.2, -0.15) is 0 Å². The van der Waals surface area contributed by atoms with E-state index in [0.717, 1.165) is 10.4 Å². The molecule has 0 spiro atoms. The minimum Gasteiger partial charge on any atom is -0.484 e. The van der Waals surface area contributed by atoms with Crippen LogP contribution in [0, 0.1) is 17.0 Å². The third-order valence-electron chi connectivity index (χ3n) is 2.83. The lowest BCUT2D eigenvalue weighted by Crippen LogP contribution is -2.28. The van der Waals surface area contributed by atoms with Crippen molar-refractivity contribution in [3.8, 4) is 5.75 Å². The Bertz CT molecular complexity index is 637. The van der Waals surface area contributed by atoms with Crippen molar-refractivity contribution in [2.24, 2.45) is 0 Å². The quantitative estimate of drug-likeness (QED) is 0.657. The highest BCUT2D eigenvalue weighted by atomic mass is 32.1. The van der Waals surface area contributed by atoms with Crippen LogP contribution < -0.4 is 10.1 Å². The third kappa shape index (κ3) is 4.28. The van der Waals surface area contributed by atoms with Gasteiger partial charge in [-0.05, 0) is 36.1 Å². The number of amides is 1. The van der Waals surface area contributed by atoms with Crippen LogP contribution in [0.2, 0.25) is 0 Å². The molecule has 0 atom stereocenters. The summed E-state index contributed by atoms with van der Waals surface area (Å²) in [5.41, 5.74) is 1.14. The first kappa shape index (κ1) is 15.0. The highest BCUT2D eigenvalue weighted by Crippen LogP contribution is 2.17. The van der Waals surface area contributed by atoms with Crippen LogP contribution in [-0.2, 0) is 11.3 Å². The van der Waals surface area contributed by atoms with E-state index in [1.54, 1.807) is 11.3 Å². The number of ether oxygens (including phenoxy) is 1. The molecule has 1 heterocycles. The van der Waals surface area contributed by atoms with Gasteiger partial charge < -0.3 is 10.1 Å². The van der Waals surface area contributed by atoms with Crippen molar-refractivity contribution < 1.29 is 14.5 Å². The summed E-state index contributed by atoms with van der Waals surface area (Å²) in [4.78, 5) is 22.8. The molecule has 0 unspecified atom stereocenters. The molecule has 0 aliphatic rings. The summed E-state index contributed by atoms with van der Waals surface area (Å²) in [5.74, 6) is 0.184. The first-order valence-corrected chi connectivity index (χ1v) is 7.11. The number of nitro groups is 1. The van der Waals surface area contributed by atoms with Crippen LogP contribution >= 0.6 is 11.3 Å². The van der Waals surface area contributed by atoms with E-state index in [1.165, 1.54) is 24.3 Å². The zero-order valence-electron chi connectivity index (χ0n) is 11.4. The smallest absolute Gasteiger partial charge is 0.269 e. The van der Waals surface area contributed by atoms with E-state index in [-0.39, 0.29) is 18.2 Å². The van der Waals surface area contributed by atoms with Crippen LogP contribution in [0.25, 0.3) is 0 Å². The minimum atomic E-state index is -0.486. The highest BCUT2D eigenvalue weighted by molar-refractivity contribution is 7.10. The Labute approximate surface area is 125 Å². The number of carbonyl (C=O) groups excluding carboxylic acids is 1. The number of rotatable bonds is 6. The fourth-order valence-corrected chi connectivity index (χ4v) is 2.47. The average Bonchev–Trinajstić information content (AvgIpc) is 2.88. The molecule has 0 aliphatic carbocycles. The molecule has 0 radical (unpaired) electrons. The normalized spacial score (nSPS) is 10.1. The molecule has 1 aromatic heterocycles. The molecule has 0 aliphatic heterocycles. The number of nitrogens with one attached hydrogen (secondary N) is 1. The lowest BCUT2D eigenvalue weighted by molar-refractivity contribution is -0.384. The average molecular weight is 306 g/mol. The fraction of sp³-hybridized carbons (Fsp3) is 0.214. The van der Waals surface area contributed by atoms with Crippen molar-refractivity contribution in [3.63, 3.8) is 0 Å². The summed E-state index contributed by atoms with van der Waals surface area (Å²) in [6, 6.07) is 7.60. The Hall–Kier alpha value is -2.41. The number of benzene rings is 1. The van der Waals surface area contributed by atoms with Crippen LogP contribution in [0.1, 0.15) is 10.4 Å². The molecule has 6 nitrogen and oxygen atoms in total. The molecule has 1 N–H and O–H groups in total. The summed E-state index contributed by atoms with van der Waals surface area (Å²) in [6.07, 6.45) is 0. The molecule has 0 saturated carbocycles. The van der Waals surface area contributed by atoms with Gasteiger partial charge in [0, 0.05) is 17.0 Å². The molecule has 110 valence electrons. The number of thiophene rings is 1. The monoisotopic (exact) mass is 306 g/mol. The molecule has 0 bridgehead atoms. The van der Waals surface area contributed by atoms with Gasteiger partial charge in [-0.15, -0.1) is 11.3 Å². The zero-order chi connectivity index (χ0) is 15.2. The van der Waals surface area contributed by atoms with Gasteiger partial charge in [0.15, 0.2) is 6.61 Å². The largest absolute Gasteiger partial charge is 0.484 e. The predicted molar refractivity (Wildman–Crippen MR) is 79.5 cm³/mol. The lowest BCUT2D eigenvalue weighted by Gasteiger charge is -2.07. The number of nitrogens with zero attached hydrogens (tertiary/aromatic N) is 1. The van der Waals surface area contributed by atoms with Crippen LogP contribution in [-0.4, -0.2) is 17.4 Å². The Morgan fingerprint density at radius 1 is 1.33 bits per heavy atom. The van der Waals surface area contributed by atoms with E-state index in [9.17, 15) is 14.9 Å². The summed E-state index contributed by atoms with van der Waals surface area (Å²) in [7, 11) is 0. The van der Waals surface area contributed by atoms with E-state index in [2.05, 4.69) is 5.32 Å². The van der Waals surface area contributed by atoms with Gasteiger partial charge in [0.05, 0.1) is 11.5 Å². The first-order valence-electron chi connectivity index (χ1n) is 6.23. The van der Waals surface area contributed by atoms with E-state index in [1.807, 2.05) is 18.4 Å². The number of hydrogen-bond acceptors (Lipinski definition) is 5. The lowest BCUT2D eigenvalue weighted by atomic mass is 10.3. The number of non-ortho nitro benzene ring substituents is 1. The van der Waals surface area contributed by atoms with Crippen molar-refractivity contribution >= 4 is 22.9 Å². The minimum absolute atomic E-state index is 0.0139. The molecular weight excluding hydrogens is 292 g/mol. The topological polar surface area (TPSA) is 81.5 Å². The van der Waals surface area contributed by atoms with Gasteiger partial charge in [-0.3, -0.25) is 14.9 Å². The summed E-state index contributed by atoms with van der Waals surface area (Å²) in [5, 5.41) is 15.2. The highest BCUT2D eigenvalue weighted by Gasteiger charge is 2.07. The number of aryl methyl sites for hydroxylation is 1. The van der Waals surface area contributed by atoms with Gasteiger partial charge in [-0.25, -0.2) is 0 Å². The molecule has 0 saturated heterocycles. The van der Waals surface area contributed by atoms with Crippen molar-refractivity contribution in [2.75, 3.05) is 6.61 Å². The van der Waals surface area contributed by atoms with Gasteiger partial charge in [0.2, 0.25) is 0 Å². The Morgan fingerprint density at radius 3 is 2.62 bits per heavy atom. The molecule has 21 heavy (non-hydrogen) atoms. The second-order valence-corrected chi connectivity index (χ2v) is 5.34. The number of carbonyl (C=O) groups is 1. The second-order valence-electron chi connectivity index (χ2n) is 4.34. The molecule has 1 aromatic carbocycles. The molecule has 0 fully saturated rings. The molecule has 2 rings (SSSR count). The first-order chi connectivity index (χ1) is 10.1. The van der Waals surface area contributed by atoms with Crippen molar-refractivity contribution in [1.29, 1.82) is 0 Å². The van der Waals surface area contributed by atoms with Crippen LogP contribution in [0.15, 0.2) is 35.7 Å². The van der Waals surface area contributed by atoms with Crippen molar-refractivity contribution in [3.05, 3.63) is 56.3 Å². The SMILES string of the molecule is Cc1ccsc1CNC(=O)COc1ccc([N+](=O)[O-])cc1. The Morgan fingerprint density at radius 2 is 2.05 bits per heavy atom. The van der Waals surface area contributed by atoms with E-state index in [0.29, 0.717) is 12.3 Å².